The topological polar surface area (TPSA) is 114 Å². The van der Waals surface area contributed by atoms with Crippen molar-refractivity contribution in [1.29, 1.82) is 5.26 Å². The first-order valence-corrected chi connectivity index (χ1v) is 9.65. The zero-order valence-electron chi connectivity index (χ0n) is 18.2. The fourth-order valence-corrected chi connectivity index (χ4v) is 3.37. The number of nitriles is 1. The third-order valence-electron chi connectivity index (χ3n) is 4.87. The zero-order valence-corrected chi connectivity index (χ0v) is 18.2. The second-order valence-electron chi connectivity index (χ2n) is 7.61. The molecule has 0 radical (unpaired) electrons. The number of hydrogen-bond donors (Lipinski definition) is 1. The lowest BCUT2D eigenvalue weighted by Crippen LogP contribution is -2.30. The maximum atomic E-state index is 14.3. The number of aryl methyl sites for hydroxylation is 4. The summed E-state index contributed by atoms with van der Waals surface area (Å²) in [5, 5.41) is 9.11. The largest absolute Gasteiger partial charge is 0.449 e. The molecule has 2 heterocycles. The number of rotatable bonds is 5. The fraction of sp³-hybridized carbons (Fsp3) is 0.318. The van der Waals surface area contributed by atoms with Crippen molar-refractivity contribution in [2.75, 3.05) is 0 Å². The van der Waals surface area contributed by atoms with Crippen molar-refractivity contribution in [2.45, 2.75) is 47.1 Å². The molecule has 0 aliphatic carbocycles. The molecule has 0 spiro atoms. The quantitative estimate of drug-likeness (QED) is 0.649. The van der Waals surface area contributed by atoms with Gasteiger partial charge in [-0.25, -0.2) is 9.97 Å². The van der Waals surface area contributed by atoms with E-state index in [1.165, 1.54) is 12.1 Å². The number of benzene rings is 1. The van der Waals surface area contributed by atoms with E-state index in [9.17, 15) is 18.4 Å². The first-order chi connectivity index (χ1) is 14.9. The Balaban J connectivity index is 2.17. The number of aromatic nitrogens is 4. The van der Waals surface area contributed by atoms with Gasteiger partial charge in [0.05, 0.1) is 30.1 Å². The van der Waals surface area contributed by atoms with Crippen molar-refractivity contribution in [2.24, 2.45) is 0 Å². The summed E-state index contributed by atoms with van der Waals surface area (Å²) in [4.78, 5) is 36.0. The van der Waals surface area contributed by atoms with Gasteiger partial charge in [-0.05, 0) is 51.0 Å². The average molecular weight is 441 g/mol. The average Bonchev–Trinajstić information content (AvgIpc) is 2.68. The van der Waals surface area contributed by atoms with E-state index in [2.05, 4.69) is 15.0 Å². The van der Waals surface area contributed by atoms with E-state index < -0.39 is 28.5 Å². The van der Waals surface area contributed by atoms with Crippen molar-refractivity contribution in [3.8, 4) is 17.6 Å². The van der Waals surface area contributed by atoms with Gasteiger partial charge in [0.1, 0.15) is 11.6 Å². The minimum Gasteiger partial charge on any atom is -0.449 e. The van der Waals surface area contributed by atoms with Crippen LogP contribution in [0.1, 0.15) is 46.4 Å². The Bertz CT molecular complexity index is 1340. The maximum absolute atomic E-state index is 14.3. The highest BCUT2D eigenvalue weighted by Crippen LogP contribution is 2.35. The van der Waals surface area contributed by atoms with E-state index in [1.54, 1.807) is 27.7 Å². The van der Waals surface area contributed by atoms with Crippen LogP contribution >= 0.6 is 0 Å². The molecule has 0 fully saturated rings. The van der Waals surface area contributed by atoms with Crippen LogP contribution in [0, 0.1) is 39.0 Å². The normalized spacial score (nSPS) is 11.3. The van der Waals surface area contributed by atoms with Crippen LogP contribution in [0.25, 0.3) is 0 Å². The van der Waals surface area contributed by atoms with Crippen LogP contribution in [-0.2, 0) is 12.5 Å². The first kappa shape index (κ1) is 22.8. The van der Waals surface area contributed by atoms with Gasteiger partial charge in [0, 0.05) is 12.6 Å². The summed E-state index contributed by atoms with van der Waals surface area (Å²) in [6.45, 7) is 6.91. The number of H-pyrrole nitrogens is 1. The van der Waals surface area contributed by atoms with Crippen molar-refractivity contribution in [3.63, 3.8) is 0 Å². The second kappa shape index (κ2) is 8.34. The number of ether oxygens (including phenoxy) is 1. The molecule has 2 aromatic heterocycles. The van der Waals surface area contributed by atoms with E-state index in [1.807, 2.05) is 6.07 Å². The molecule has 0 atom stereocenters. The minimum atomic E-state index is -3.46. The highest BCUT2D eigenvalue weighted by atomic mass is 19.3. The molecular weight excluding hydrogens is 420 g/mol. The predicted molar refractivity (Wildman–Crippen MR) is 112 cm³/mol. The summed E-state index contributed by atoms with van der Waals surface area (Å²) in [6, 6.07) is 5.06. The van der Waals surface area contributed by atoms with Crippen LogP contribution in [0.4, 0.5) is 8.78 Å². The van der Waals surface area contributed by atoms with Gasteiger partial charge < -0.3 is 9.72 Å². The van der Waals surface area contributed by atoms with Crippen molar-refractivity contribution >= 4 is 0 Å². The Hall–Kier alpha value is -3.87. The Morgan fingerprint density at radius 2 is 1.78 bits per heavy atom. The van der Waals surface area contributed by atoms with Gasteiger partial charge in [0.15, 0.2) is 5.69 Å². The van der Waals surface area contributed by atoms with E-state index in [4.69, 9.17) is 10.00 Å². The summed E-state index contributed by atoms with van der Waals surface area (Å²) < 4.78 is 35.2. The number of nitrogens with one attached hydrogen (secondary N) is 1. The van der Waals surface area contributed by atoms with Crippen molar-refractivity contribution in [1.82, 2.24) is 19.5 Å². The Morgan fingerprint density at radius 1 is 1.16 bits per heavy atom. The highest BCUT2D eigenvalue weighted by Gasteiger charge is 2.34. The molecule has 32 heavy (non-hydrogen) atoms. The van der Waals surface area contributed by atoms with Crippen LogP contribution in [-0.4, -0.2) is 19.5 Å². The second-order valence-corrected chi connectivity index (χ2v) is 7.61. The van der Waals surface area contributed by atoms with E-state index in [-0.39, 0.29) is 17.9 Å². The molecule has 0 unspecified atom stereocenters. The van der Waals surface area contributed by atoms with Crippen LogP contribution in [0.5, 0.6) is 11.5 Å². The summed E-state index contributed by atoms with van der Waals surface area (Å²) in [6.07, 6.45) is 0.958. The van der Waals surface area contributed by atoms with E-state index in [0.29, 0.717) is 35.1 Å². The standard InChI is InChI=1S/C22H21F2N5O3/c1-11-6-15(8-25)7-12(2)17(11)32-18-19(22(5,23)24)26-10-29(21(18)31)9-16-13(3)27-14(4)28-20(16)30/h6-7,10H,9H2,1-5H3,(H,27,28,30). The summed E-state index contributed by atoms with van der Waals surface area (Å²) in [5.41, 5.74) is -0.162. The van der Waals surface area contributed by atoms with Crippen LogP contribution in [0.15, 0.2) is 28.0 Å². The fourth-order valence-electron chi connectivity index (χ4n) is 3.37. The Labute approximate surface area is 182 Å². The lowest BCUT2D eigenvalue weighted by atomic mass is 10.1. The molecule has 8 nitrogen and oxygen atoms in total. The first-order valence-electron chi connectivity index (χ1n) is 9.65. The maximum Gasteiger partial charge on any atom is 0.297 e. The molecule has 0 amide bonds. The van der Waals surface area contributed by atoms with Gasteiger partial charge in [-0.2, -0.15) is 14.0 Å². The molecule has 0 saturated heterocycles. The number of nitrogens with zero attached hydrogens (tertiary/aromatic N) is 4. The van der Waals surface area contributed by atoms with Gasteiger partial charge >= 0.3 is 0 Å². The summed E-state index contributed by atoms with van der Waals surface area (Å²) in [7, 11) is 0. The Kier molecular flexibility index (Phi) is 5.94. The van der Waals surface area contributed by atoms with Crippen LogP contribution in [0.2, 0.25) is 0 Å². The molecule has 3 aromatic rings. The molecule has 166 valence electrons. The van der Waals surface area contributed by atoms with Gasteiger partial charge in [-0.15, -0.1) is 0 Å². The highest BCUT2D eigenvalue weighted by molar-refractivity contribution is 5.49. The third-order valence-corrected chi connectivity index (χ3v) is 4.87. The van der Waals surface area contributed by atoms with Crippen LogP contribution < -0.4 is 15.9 Å². The molecule has 10 heteroatoms. The monoisotopic (exact) mass is 441 g/mol. The Morgan fingerprint density at radius 3 is 2.31 bits per heavy atom. The number of alkyl halides is 2. The van der Waals surface area contributed by atoms with E-state index in [0.717, 1.165) is 10.9 Å². The van der Waals surface area contributed by atoms with Gasteiger partial charge in [-0.3, -0.25) is 14.2 Å². The molecule has 0 aliphatic rings. The summed E-state index contributed by atoms with van der Waals surface area (Å²) >= 11 is 0. The van der Waals surface area contributed by atoms with Crippen LogP contribution in [0.3, 0.4) is 0 Å². The zero-order chi connectivity index (χ0) is 23.8. The minimum absolute atomic E-state index is 0.178. The number of aromatic amines is 1. The molecule has 3 rings (SSSR count). The molecule has 0 aliphatic heterocycles. The molecule has 0 saturated carbocycles. The molecule has 0 bridgehead atoms. The van der Waals surface area contributed by atoms with Crippen molar-refractivity contribution < 1.29 is 13.5 Å². The number of halogens is 2. The SMILES string of the molecule is Cc1nc(C)c(Cn2cnc(C(C)(F)F)c(Oc3c(C)cc(C#N)cc3C)c2=O)c(=O)[nH]1. The van der Waals surface area contributed by atoms with Gasteiger partial charge in [-0.1, -0.05) is 0 Å². The molecule has 1 N–H and O–H groups in total. The van der Waals surface area contributed by atoms with Gasteiger partial charge in [0.2, 0.25) is 5.75 Å². The smallest absolute Gasteiger partial charge is 0.297 e. The third kappa shape index (κ3) is 4.42. The lowest BCUT2D eigenvalue weighted by Gasteiger charge is -2.18. The van der Waals surface area contributed by atoms with E-state index >= 15 is 0 Å². The predicted octanol–water partition coefficient (Wildman–Crippen LogP) is 3.38. The number of hydrogen-bond acceptors (Lipinski definition) is 6. The lowest BCUT2D eigenvalue weighted by molar-refractivity contribution is 0.0101. The molecular formula is C22H21F2N5O3. The summed E-state index contributed by atoms with van der Waals surface area (Å²) in [5.74, 6) is -3.51. The molecule has 1 aromatic carbocycles. The van der Waals surface area contributed by atoms with Crippen molar-refractivity contribution in [3.05, 3.63) is 78.6 Å². The van der Waals surface area contributed by atoms with Gasteiger partial charge in [0.25, 0.3) is 17.0 Å².